The minimum atomic E-state index is -0.566. The molecular weight excluding hydrogens is 356 g/mol. The smallest absolute Gasteiger partial charge is 0.303 e. The molecule has 0 heterocycles. The number of carbonyl (C=O) groups is 3. The van der Waals surface area contributed by atoms with Crippen molar-refractivity contribution >= 4 is 17.7 Å². The average Bonchev–Trinajstić information content (AvgIpc) is 2.86. The third kappa shape index (κ3) is 2.93. The first-order valence-corrected chi connectivity index (χ1v) is 10.7. The summed E-state index contributed by atoms with van der Waals surface area (Å²) in [4.78, 5) is 35.9. The van der Waals surface area contributed by atoms with Gasteiger partial charge in [0, 0.05) is 25.7 Å². The summed E-state index contributed by atoms with van der Waals surface area (Å²) in [5.74, 6) is 0.861. The lowest BCUT2D eigenvalue weighted by Gasteiger charge is -2.56. The minimum Gasteiger partial charge on any atom is -0.462 e. The molecule has 0 radical (unpaired) electrons. The SMILES string of the molecule is CC(=O)O[C@H]1CCC2(C)C(=CCC3C4C[C@@H](OC(C)=O)C(=O)C4(C)CCC32)C1. The molecule has 3 fully saturated rings. The van der Waals surface area contributed by atoms with Crippen LogP contribution in [0, 0.1) is 28.6 Å². The summed E-state index contributed by atoms with van der Waals surface area (Å²) in [5, 5.41) is 0. The highest BCUT2D eigenvalue weighted by atomic mass is 16.5. The van der Waals surface area contributed by atoms with E-state index in [1.807, 2.05) is 0 Å². The summed E-state index contributed by atoms with van der Waals surface area (Å²) < 4.78 is 10.9. The third-order valence-corrected chi connectivity index (χ3v) is 8.41. The Kier molecular flexibility index (Phi) is 4.71. The predicted molar refractivity (Wildman–Crippen MR) is 103 cm³/mol. The number of hydrogen-bond acceptors (Lipinski definition) is 5. The van der Waals surface area contributed by atoms with Crippen molar-refractivity contribution in [3.8, 4) is 0 Å². The van der Waals surface area contributed by atoms with E-state index in [0.29, 0.717) is 18.3 Å². The molecule has 0 N–H and O–H groups in total. The van der Waals surface area contributed by atoms with Gasteiger partial charge in [-0.3, -0.25) is 14.4 Å². The van der Waals surface area contributed by atoms with E-state index in [1.165, 1.54) is 19.4 Å². The van der Waals surface area contributed by atoms with Crippen molar-refractivity contribution in [2.24, 2.45) is 28.6 Å². The van der Waals surface area contributed by atoms with Crippen molar-refractivity contribution in [2.75, 3.05) is 0 Å². The van der Waals surface area contributed by atoms with Crippen molar-refractivity contribution in [1.29, 1.82) is 0 Å². The second kappa shape index (κ2) is 6.70. The molecule has 0 aromatic heterocycles. The molecule has 0 bridgehead atoms. The van der Waals surface area contributed by atoms with E-state index >= 15 is 0 Å². The summed E-state index contributed by atoms with van der Waals surface area (Å²) in [7, 11) is 0. The van der Waals surface area contributed by atoms with E-state index in [-0.39, 0.29) is 40.6 Å². The number of ether oxygens (including phenoxy) is 2. The van der Waals surface area contributed by atoms with E-state index in [4.69, 9.17) is 9.47 Å². The topological polar surface area (TPSA) is 69.7 Å². The Labute approximate surface area is 167 Å². The van der Waals surface area contributed by atoms with Crippen LogP contribution in [0.15, 0.2) is 11.6 Å². The monoisotopic (exact) mass is 388 g/mol. The van der Waals surface area contributed by atoms with E-state index in [1.54, 1.807) is 0 Å². The molecule has 154 valence electrons. The summed E-state index contributed by atoms with van der Waals surface area (Å²) >= 11 is 0. The first kappa shape index (κ1) is 19.7. The summed E-state index contributed by atoms with van der Waals surface area (Å²) in [6, 6.07) is 0. The van der Waals surface area contributed by atoms with Gasteiger partial charge in [-0.1, -0.05) is 25.5 Å². The molecule has 5 nitrogen and oxygen atoms in total. The fraction of sp³-hybridized carbons (Fsp3) is 0.783. The fourth-order valence-corrected chi connectivity index (χ4v) is 7.03. The lowest BCUT2D eigenvalue weighted by molar-refractivity contribution is -0.153. The molecule has 28 heavy (non-hydrogen) atoms. The van der Waals surface area contributed by atoms with Crippen LogP contribution in [0.1, 0.15) is 72.6 Å². The Hall–Kier alpha value is -1.65. The molecule has 4 aliphatic carbocycles. The number of carbonyl (C=O) groups excluding carboxylic acids is 3. The van der Waals surface area contributed by atoms with Crippen LogP contribution in [0.3, 0.4) is 0 Å². The molecule has 4 rings (SSSR count). The normalized spacial score (nSPS) is 44.6. The van der Waals surface area contributed by atoms with Crippen molar-refractivity contribution in [3.63, 3.8) is 0 Å². The number of ketones is 1. The van der Waals surface area contributed by atoms with Gasteiger partial charge in [-0.05, 0) is 61.7 Å². The van der Waals surface area contributed by atoms with Crippen LogP contribution in [-0.4, -0.2) is 29.9 Å². The lowest BCUT2D eigenvalue weighted by Crippen LogP contribution is -2.50. The van der Waals surface area contributed by atoms with Crippen LogP contribution < -0.4 is 0 Å². The highest BCUT2D eigenvalue weighted by molar-refractivity contribution is 5.92. The first-order valence-electron chi connectivity index (χ1n) is 10.7. The second-order valence-electron chi connectivity index (χ2n) is 9.89. The molecule has 3 saturated carbocycles. The van der Waals surface area contributed by atoms with Gasteiger partial charge in [-0.2, -0.15) is 0 Å². The highest BCUT2D eigenvalue weighted by Crippen LogP contribution is 2.64. The molecule has 0 aliphatic heterocycles. The quantitative estimate of drug-likeness (QED) is 0.528. The summed E-state index contributed by atoms with van der Waals surface area (Å²) in [5.41, 5.74) is 1.21. The lowest BCUT2D eigenvalue weighted by atomic mass is 9.48. The minimum absolute atomic E-state index is 0.00337. The average molecular weight is 389 g/mol. The fourth-order valence-electron chi connectivity index (χ4n) is 7.03. The van der Waals surface area contributed by atoms with E-state index in [2.05, 4.69) is 19.9 Å². The van der Waals surface area contributed by atoms with Crippen LogP contribution in [0.2, 0.25) is 0 Å². The summed E-state index contributed by atoms with van der Waals surface area (Å²) in [6.45, 7) is 7.35. The molecule has 4 aliphatic rings. The van der Waals surface area contributed by atoms with Gasteiger partial charge in [0.05, 0.1) is 0 Å². The number of hydrogen-bond donors (Lipinski definition) is 0. The summed E-state index contributed by atoms with van der Waals surface area (Å²) in [6.07, 6.45) is 8.16. The van der Waals surface area contributed by atoms with Gasteiger partial charge in [0.25, 0.3) is 0 Å². The molecule has 0 amide bonds. The van der Waals surface area contributed by atoms with Crippen LogP contribution in [-0.2, 0) is 23.9 Å². The standard InChI is InChI=1S/C23H32O5/c1-13(24)27-16-7-9-22(3)15(11-16)5-6-17-18(22)8-10-23(4)19(17)12-20(21(23)26)28-14(2)25/h5,16-20H,6-12H2,1-4H3/t16-,17?,18?,19?,20+,22?,23?/m0/s1. The second-order valence-corrected chi connectivity index (χ2v) is 9.89. The molecular formula is C23H32O5. The van der Waals surface area contributed by atoms with Gasteiger partial charge in [0.2, 0.25) is 0 Å². The van der Waals surface area contributed by atoms with Crippen LogP contribution in [0.4, 0.5) is 0 Å². The maximum atomic E-state index is 13.0. The predicted octanol–water partition coefficient (Wildman–Crippen LogP) is 3.99. The molecule has 7 atom stereocenters. The molecule has 0 aromatic rings. The van der Waals surface area contributed by atoms with Gasteiger partial charge < -0.3 is 9.47 Å². The molecule has 0 aromatic carbocycles. The zero-order valence-corrected chi connectivity index (χ0v) is 17.5. The number of esters is 2. The molecule has 0 saturated heterocycles. The van der Waals surface area contributed by atoms with Gasteiger partial charge >= 0.3 is 11.9 Å². The maximum absolute atomic E-state index is 13.0. The molecule has 5 heteroatoms. The van der Waals surface area contributed by atoms with Crippen LogP contribution >= 0.6 is 0 Å². The van der Waals surface area contributed by atoms with Gasteiger partial charge in [-0.15, -0.1) is 0 Å². The Morgan fingerprint density at radius 3 is 2.36 bits per heavy atom. The molecule has 0 spiro atoms. The first-order chi connectivity index (χ1) is 13.1. The van der Waals surface area contributed by atoms with Crippen molar-refractivity contribution < 1.29 is 23.9 Å². The Morgan fingerprint density at radius 2 is 1.68 bits per heavy atom. The Balaban J connectivity index is 1.58. The number of rotatable bonds is 2. The van der Waals surface area contributed by atoms with Gasteiger partial charge in [-0.25, -0.2) is 0 Å². The van der Waals surface area contributed by atoms with E-state index in [0.717, 1.165) is 38.5 Å². The van der Waals surface area contributed by atoms with Gasteiger partial charge in [0.15, 0.2) is 11.9 Å². The largest absolute Gasteiger partial charge is 0.462 e. The number of Topliss-reactive ketones (excluding diaryl/α,β-unsaturated/α-hetero) is 1. The maximum Gasteiger partial charge on any atom is 0.303 e. The molecule has 5 unspecified atom stereocenters. The van der Waals surface area contributed by atoms with Crippen molar-refractivity contribution in [3.05, 3.63) is 11.6 Å². The third-order valence-electron chi connectivity index (χ3n) is 8.41. The van der Waals surface area contributed by atoms with Crippen molar-refractivity contribution in [1.82, 2.24) is 0 Å². The van der Waals surface area contributed by atoms with E-state index < -0.39 is 6.10 Å². The number of fused-ring (bicyclic) bond motifs is 5. The zero-order chi connectivity index (χ0) is 20.3. The van der Waals surface area contributed by atoms with E-state index in [9.17, 15) is 14.4 Å². The Bertz CT molecular complexity index is 739. The van der Waals surface area contributed by atoms with Gasteiger partial charge in [0.1, 0.15) is 6.10 Å². The number of allylic oxidation sites excluding steroid dienone is 1. The zero-order valence-electron chi connectivity index (χ0n) is 17.5. The highest BCUT2D eigenvalue weighted by Gasteiger charge is 2.62. The van der Waals surface area contributed by atoms with Crippen LogP contribution in [0.25, 0.3) is 0 Å². The Morgan fingerprint density at radius 1 is 1.00 bits per heavy atom. The van der Waals surface area contributed by atoms with Crippen molar-refractivity contribution in [2.45, 2.75) is 84.8 Å². The van der Waals surface area contributed by atoms with Crippen LogP contribution in [0.5, 0.6) is 0 Å².